The molecule has 0 aliphatic heterocycles. The predicted octanol–water partition coefficient (Wildman–Crippen LogP) is 1.33. The van der Waals surface area contributed by atoms with Crippen molar-refractivity contribution in [2.24, 2.45) is 0 Å². The molecule has 0 aliphatic carbocycles. The maximum atomic E-state index is 11.6. The maximum Gasteiger partial charge on any atom is 0.194 e. The van der Waals surface area contributed by atoms with Gasteiger partial charge in [-0.25, -0.2) is 0 Å². The van der Waals surface area contributed by atoms with Crippen LogP contribution in [0.25, 0.3) is 0 Å². The number of nitrogens with zero attached hydrogens (tertiary/aromatic N) is 1. The van der Waals surface area contributed by atoms with Gasteiger partial charge in [0.2, 0.25) is 0 Å². The Bertz CT molecular complexity index is 303. The summed E-state index contributed by atoms with van der Waals surface area (Å²) in [4.78, 5) is 16.9. The van der Waals surface area contributed by atoms with Gasteiger partial charge in [-0.15, -0.1) is 0 Å². The van der Waals surface area contributed by atoms with Crippen LogP contribution in [0.4, 0.5) is 0 Å². The molecule has 4 nitrogen and oxygen atoms in total. The molecule has 0 saturated heterocycles. The van der Waals surface area contributed by atoms with E-state index in [1.807, 2.05) is 39.3 Å². The third kappa shape index (κ3) is 5.27. The summed E-state index contributed by atoms with van der Waals surface area (Å²) in [5, 5.41) is 0. The first kappa shape index (κ1) is 13.8. The number of Topliss-reactive ketones (excluding diaryl/α,β-unsaturated/α-hetero) is 1. The number of ketones is 1. The molecule has 1 N–H and O–H groups in total. The van der Waals surface area contributed by atoms with Crippen LogP contribution in [0.2, 0.25) is 0 Å². The number of carbonyl (C=O) groups is 1. The van der Waals surface area contributed by atoms with E-state index in [0.717, 1.165) is 0 Å². The Morgan fingerprint density at radius 2 is 1.73 bits per heavy atom. The van der Waals surface area contributed by atoms with Crippen molar-refractivity contribution in [1.82, 2.24) is 0 Å². The lowest BCUT2D eigenvalue weighted by atomic mass is 10.1. The van der Waals surface area contributed by atoms with Crippen molar-refractivity contribution in [2.45, 2.75) is 0 Å². The van der Waals surface area contributed by atoms with E-state index in [4.69, 9.17) is 4.84 Å². The summed E-state index contributed by atoms with van der Waals surface area (Å²) >= 11 is 0. The number of rotatable bonds is 4. The average Bonchev–Trinajstić information content (AvgIpc) is 2.14. The summed E-state index contributed by atoms with van der Waals surface area (Å²) in [6.07, 6.45) is 0. The summed E-state index contributed by atoms with van der Waals surface area (Å²) in [6.45, 7) is 0.119. The minimum Gasteiger partial charge on any atom is -0.870 e. The van der Waals surface area contributed by atoms with E-state index >= 15 is 0 Å². The summed E-state index contributed by atoms with van der Waals surface area (Å²) in [7, 11) is 5.62. The van der Waals surface area contributed by atoms with Crippen LogP contribution in [0.5, 0.6) is 0 Å². The molecular formula is C11H17NO3. The molecule has 0 fully saturated rings. The zero-order valence-corrected chi connectivity index (χ0v) is 9.30. The highest BCUT2D eigenvalue weighted by molar-refractivity contribution is 5.96. The van der Waals surface area contributed by atoms with Gasteiger partial charge in [0.1, 0.15) is 0 Å². The lowest BCUT2D eigenvalue weighted by Crippen LogP contribution is -2.36. The summed E-state index contributed by atoms with van der Waals surface area (Å²) in [5.74, 6) is 0.0126. The number of benzene rings is 1. The second-order valence-corrected chi connectivity index (χ2v) is 3.95. The van der Waals surface area contributed by atoms with Crippen molar-refractivity contribution >= 4 is 5.78 Å². The van der Waals surface area contributed by atoms with E-state index in [2.05, 4.69) is 0 Å². The Kier molecular flexibility index (Phi) is 5.14. The molecule has 0 unspecified atom stereocenters. The molecule has 0 radical (unpaired) electrons. The summed E-state index contributed by atoms with van der Waals surface area (Å²) < 4.78 is 0.332. The number of hydrogen-bond donors (Lipinski definition) is 0. The van der Waals surface area contributed by atoms with Gasteiger partial charge in [0.05, 0.1) is 21.1 Å². The van der Waals surface area contributed by atoms with Crippen molar-refractivity contribution in [3.8, 4) is 0 Å². The van der Waals surface area contributed by atoms with E-state index < -0.39 is 0 Å². The first-order valence-electron chi connectivity index (χ1n) is 4.53. The van der Waals surface area contributed by atoms with E-state index in [9.17, 15) is 4.79 Å². The van der Waals surface area contributed by atoms with Gasteiger partial charge in [-0.1, -0.05) is 30.3 Å². The molecule has 0 spiro atoms. The molecule has 0 bridgehead atoms. The fraction of sp³-hybridized carbons (Fsp3) is 0.364. The monoisotopic (exact) mass is 211 g/mol. The SMILES string of the molecule is C[N+](C)(C)OCC(=O)c1ccccc1.[OH-]. The molecule has 4 heteroatoms. The van der Waals surface area contributed by atoms with Gasteiger partial charge in [0.25, 0.3) is 0 Å². The van der Waals surface area contributed by atoms with Crippen LogP contribution >= 0.6 is 0 Å². The standard InChI is InChI=1S/C11H16NO2.H2O/c1-12(2,3)14-9-11(13)10-7-5-4-6-8-10;/h4-8H,9H2,1-3H3;1H2/q+1;/p-1. The molecule has 0 amide bonds. The van der Waals surface area contributed by atoms with Crippen LogP contribution in [-0.2, 0) is 4.84 Å². The average molecular weight is 211 g/mol. The lowest BCUT2D eigenvalue weighted by Gasteiger charge is -2.20. The first-order valence-corrected chi connectivity index (χ1v) is 4.53. The Labute approximate surface area is 89.9 Å². The van der Waals surface area contributed by atoms with Crippen molar-refractivity contribution in [3.05, 3.63) is 35.9 Å². The Hall–Kier alpha value is -1.23. The van der Waals surface area contributed by atoms with Crippen molar-refractivity contribution in [1.29, 1.82) is 0 Å². The van der Waals surface area contributed by atoms with Gasteiger partial charge >= 0.3 is 0 Å². The number of hydroxylamine groups is 3. The van der Waals surface area contributed by atoms with Gasteiger partial charge in [-0.3, -0.25) is 4.79 Å². The van der Waals surface area contributed by atoms with Crippen molar-refractivity contribution in [3.63, 3.8) is 0 Å². The van der Waals surface area contributed by atoms with Gasteiger partial charge in [-0.2, -0.15) is 9.48 Å². The normalized spacial score (nSPS) is 10.6. The van der Waals surface area contributed by atoms with Crippen LogP contribution in [0, 0.1) is 0 Å². The van der Waals surface area contributed by atoms with E-state index in [1.54, 1.807) is 12.1 Å². The molecule has 15 heavy (non-hydrogen) atoms. The smallest absolute Gasteiger partial charge is 0.194 e. The van der Waals surface area contributed by atoms with Crippen molar-refractivity contribution in [2.75, 3.05) is 27.7 Å². The molecule has 0 heterocycles. The number of hydrogen-bond acceptors (Lipinski definition) is 3. The molecule has 1 aromatic carbocycles. The fourth-order valence-corrected chi connectivity index (χ4v) is 0.960. The van der Waals surface area contributed by atoms with Crippen LogP contribution in [0.3, 0.4) is 0 Å². The molecule has 0 atom stereocenters. The predicted molar refractivity (Wildman–Crippen MR) is 56.7 cm³/mol. The molecule has 0 saturated carbocycles. The Morgan fingerprint density at radius 3 is 2.20 bits per heavy atom. The Morgan fingerprint density at radius 1 is 1.20 bits per heavy atom. The van der Waals surface area contributed by atoms with Crippen LogP contribution in [-0.4, -0.2) is 43.7 Å². The van der Waals surface area contributed by atoms with Gasteiger partial charge < -0.3 is 5.48 Å². The molecule has 0 aliphatic rings. The molecule has 1 rings (SSSR count). The minimum atomic E-state index is 0. The molecular weight excluding hydrogens is 194 g/mol. The lowest BCUT2D eigenvalue weighted by molar-refractivity contribution is -1.06. The quantitative estimate of drug-likeness (QED) is 0.429. The summed E-state index contributed by atoms with van der Waals surface area (Å²) in [6, 6.07) is 9.17. The van der Waals surface area contributed by atoms with Gasteiger partial charge in [0.15, 0.2) is 12.4 Å². The van der Waals surface area contributed by atoms with E-state index in [-0.39, 0.29) is 17.9 Å². The zero-order chi connectivity index (χ0) is 10.6. The second kappa shape index (κ2) is 5.60. The van der Waals surface area contributed by atoms with Crippen LogP contribution in [0.15, 0.2) is 30.3 Å². The highest BCUT2D eigenvalue weighted by Gasteiger charge is 2.13. The second-order valence-electron chi connectivity index (χ2n) is 3.95. The zero-order valence-electron chi connectivity index (χ0n) is 9.30. The van der Waals surface area contributed by atoms with Gasteiger partial charge in [0, 0.05) is 5.56 Å². The third-order valence-electron chi connectivity index (χ3n) is 1.68. The first-order chi connectivity index (χ1) is 6.49. The van der Waals surface area contributed by atoms with Gasteiger partial charge in [-0.05, 0) is 0 Å². The largest absolute Gasteiger partial charge is 0.870 e. The molecule has 0 aromatic heterocycles. The summed E-state index contributed by atoms with van der Waals surface area (Å²) in [5.41, 5.74) is 0.695. The molecule has 84 valence electrons. The number of carbonyl (C=O) groups excluding carboxylic acids is 1. The van der Waals surface area contributed by atoms with Crippen LogP contribution in [0.1, 0.15) is 10.4 Å². The van der Waals surface area contributed by atoms with Crippen LogP contribution < -0.4 is 0 Å². The van der Waals surface area contributed by atoms with Crippen molar-refractivity contribution < 1.29 is 19.8 Å². The minimum absolute atomic E-state index is 0. The highest BCUT2D eigenvalue weighted by atomic mass is 16.7. The topological polar surface area (TPSA) is 56.3 Å². The maximum absolute atomic E-state index is 11.6. The number of quaternary nitrogens is 1. The van der Waals surface area contributed by atoms with E-state index in [1.165, 1.54) is 0 Å². The molecule has 1 aromatic rings. The fourth-order valence-electron chi connectivity index (χ4n) is 0.960. The Balaban J connectivity index is 0.00000196. The highest BCUT2D eigenvalue weighted by Crippen LogP contribution is 2.02. The third-order valence-corrected chi connectivity index (χ3v) is 1.68. The van der Waals surface area contributed by atoms with E-state index in [0.29, 0.717) is 10.2 Å².